The number of anilines is 1. The summed E-state index contributed by atoms with van der Waals surface area (Å²) in [5.41, 5.74) is 2.90. The van der Waals surface area contributed by atoms with E-state index in [4.69, 9.17) is 17.4 Å². The minimum atomic E-state index is -0.00248. The number of nitrogens with zero attached hydrogens (tertiary/aromatic N) is 2. The molecule has 0 aromatic carbocycles. The van der Waals surface area contributed by atoms with E-state index < -0.39 is 0 Å². The SMILES string of the molecule is CCCN(C(=O)c1cnc(NN)c(Cl)c1)C1CC1. The van der Waals surface area contributed by atoms with E-state index in [1.54, 1.807) is 6.07 Å². The molecule has 18 heavy (non-hydrogen) atoms. The number of nitrogen functional groups attached to an aromatic ring is 1. The molecule has 0 unspecified atom stereocenters. The van der Waals surface area contributed by atoms with E-state index in [0.717, 1.165) is 25.8 Å². The molecule has 2 rings (SSSR count). The first kappa shape index (κ1) is 13.1. The van der Waals surface area contributed by atoms with Gasteiger partial charge in [-0.2, -0.15) is 0 Å². The summed E-state index contributed by atoms with van der Waals surface area (Å²) in [5.74, 6) is 5.62. The lowest BCUT2D eigenvalue weighted by Crippen LogP contribution is -2.33. The molecule has 0 aliphatic heterocycles. The first-order valence-corrected chi connectivity index (χ1v) is 6.48. The van der Waals surface area contributed by atoms with E-state index in [9.17, 15) is 4.79 Å². The molecule has 98 valence electrons. The lowest BCUT2D eigenvalue weighted by molar-refractivity contribution is 0.0743. The monoisotopic (exact) mass is 268 g/mol. The molecule has 1 heterocycles. The molecule has 5 nitrogen and oxygen atoms in total. The van der Waals surface area contributed by atoms with Gasteiger partial charge in [-0.1, -0.05) is 18.5 Å². The molecule has 0 radical (unpaired) electrons. The predicted octanol–water partition coefficient (Wildman–Crippen LogP) is 2.04. The zero-order chi connectivity index (χ0) is 13.1. The van der Waals surface area contributed by atoms with Crippen molar-refractivity contribution in [1.29, 1.82) is 0 Å². The van der Waals surface area contributed by atoms with E-state index >= 15 is 0 Å². The molecular weight excluding hydrogens is 252 g/mol. The van der Waals surface area contributed by atoms with Crippen molar-refractivity contribution in [2.45, 2.75) is 32.2 Å². The smallest absolute Gasteiger partial charge is 0.255 e. The Labute approximate surface area is 111 Å². The molecule has 0 bridgehead atoms. The van der Waals surface area contributed by atoms with Crippen molar-refractivity contribution >= 4 is 23.3 Å². The molecule has 1 fully saturated rings. The van der Waals surface area contributed by atoms with Crippen LogP contribution >= 0.6 is 11.6 Å². The van der Waals surface area contributed by atoms with Gasteiger partial charge in [-0.05, 0) is 25.3 Å². The second-order valence-corrected chi connectivity index (χ2v) is 4.84. The largest absolute Gasteiger partial charge is 0.336 e. The minimum Gasteiger partial charge on any atom is -0.336 e. The zero-order valence-electron chi connectivity index (χ0n) is 10.3. The van der Waals surface area contributed by atoms with Gasteiger partial charge in [0.15, 0.2) is 5.82 Å². The fourth-order valence-electron chi connectivity index (χ4n) is 1.90. The maximum absolute atomic E-state index is 12.3. The Kier molecular flexibility index (Phi) is 4.04. The van der Waals surface area contributed by atoms with Gasteiger partial charge in [0, 0.05) is 18.8 Å². The number of rotatable bonds is 5. The van der Waals surface area contributed by atoms with Crippen LogP contribution in [0.4, 0.5) is 5.82 Å². The molecule has 1 aromatic rings. The number of aromatic nitrogens is 1. The molecule has 1 amide bonds. The molecule has 0 atom stereocenters. The maximum Gasteiger partial charge on any atom is 0.255 e. The third kappa shape index (κ3) is 2.73. The average Bonchev–Trinajstić information content (AvgIpc) is 3.19. The van der Waals surface area contributed by atoms with Gasteiger partial charge in [0.05, 0.1) is 10.6 Å². The number of hydrogen-bond donors (Lipinski definition) is 2. The highest BCUT2D eigenvalue weighted by Crippen LogP contribution is 2.29. The third-order valence-corrected chi connectivity index (χ3v) is 3.23. The van der Waals surface area contributed by atoms with Crippen molar-refractivity contribution in [2.75, 3.05) is 12.0 Å². The second kappa shape index (κ2) is 5.54. The van der Waals surface area contributed by atoms with Gasteiger partial charge >= 0.3 is 0 Å². The molecule has 1 aliphatic rings. The number of carbonyl (C=O) groups excluding carboxylic acids is 1. The highest BCUT2D eigenvalue weighted by atomic mass is 35.5. The van der Waals surface area contributed by atoms with Crippen molar-refractivity contribution in [3.8, 4) is 0 Å². The quantitative estimate of drug-likeness (QED) is 0.633. The van der Waals surface area contributed by atoms with Gasteiger partial charge in [0.1, 0.15) is 0 Å². The van der Waals surface area contributed by atoms with E-state index in [1.165, 1.54) is 6.20 Å². The number of amides is 1. The summed E-state index contributed by atoms with van der Waals surface area (Å²) in [7, 11) is 0. The fraction of sp³-hybridized carbons (Fsp3) is 0.500. The Bertz CT molecular complexity index is 448. The van der Waals surface area contributed by atoms with Gasteiger partial charge < -0.3 is 10.3 Å². The van der Waals surface area contributed by atoms with E-state index in [-0.39, 0.29) is 5.91 Å². The molecule has 6 heteroatoms. The van der Waals surface area contributed by atoms with Crippen LogP contribution in [0, 0.1) is 0 Å². The standard InChI is InChI=1S/C12H17ClN4O/c1-2-5-17(9-3-4-9)12(18)8-6-10(13)11(16-14)15-7-8/h6-7,9H,2-5,14H2,1H3,(H,15,16). The molecule has 0 saturated heterocycles. The number of nitrogens with two attached hydrogens (primary N) is 1. The van der Waals surface area contributed by atoms with Crippen molar-refractivity contribution in [2.24, 2.45) is 5.84 Å². The Morgan fingerprint density at radius 2 is 2.39 bits per heavy atom. The number of nitrogens with one attached hydrogen (secondary N) is 1. The van der Waals surface area contributed by atoms with Crippen LogP contribution in [0.2, 0.25) is 5.02 Å². The fourth-order valence-corrected chi connectivity index (χ4v) is 2.12. The van der Waals surface area contributed by atoms with Crippen molar-refractivity contribution in [3.63, 3.8) is 0 Å². The first-order chi connectivity index (χ1) is 8.67. The van der Waals surface area contributed by atoms with Crippen LogP contribution in [-0.4, -0.2) is 28.4 Å². The Balaban J connectivity index is 2.18. The summed E-state index contributed by atoms with van der Waals surface area (Å²) in [4.78, 5) is 18.3. The van der Waals surface area contributed by atoms with E-state index in [0.29, 0.717) is 22.4 Å². The van der Waals surface area contributed by atoms with Crippen LogP contribution in [0.5, 0.6) is 0 Å². The summed E-state index contributed by atoms with van der Waals surface area (Å²) >= 11 is 5.97. The van der Waals surface area contributed by atoms with Crippen molar-refractivity contribution in [1.82, 2.24) is 9.88 Å². The highest BCUT2D eigenvalue weighted by Gasteiger charge is 2.32. The first-order valence-electron chi connectivity index (χ1n) is 6.10. The van der Waals surface area contributed by atoms with Crippen LogP contribution in [0.15, 0.2) is 12.3 Å². The Morgan fingerprint density at radius 1 is 1.67 bits per heavy atom. The number of pyridine rings is 1. The Morgan fingerprint density at radius 3 is 2.89 bits per heavy atom. The lowest BCUT2D eigenvalue weighted by atomic mass is 10.2. The van der Waals surface area contributed by atoms with E-state index in [1.807, 2.05) is 4.90 Å². The maximum atomic E-state index is 12.3. The average molecular weight is 269 g/mol. The number of carbonyl (C=O) groups is 1. The van der Waals surface area contributed by atoms with Crippen molar-refractivity contribution < 1.29 is 4.79 Å². The molecule has 3 N–H and O–H groups in total. The molecule has 1 aromatic heterocycles. The van der Waals surface area contributed by atoms with Gasteiger partial charge in [0.2, 0.25) is 0 Å². The summed E-state index contributed by atoms with van der Waals surface area (Å²) in [5, 5.41) is 0.357. The molecule has 0 spiro atoms. The van der Waals surface area contributed by atoms with Gasteiger partial charge in [-0.3, -0.25) is 4.79 Å². The van der Waals surface area contributed by atoms with E-state index in [2.05, 4.69) is 17.3 Å². The summed E-state index contributed by atoms with van der Waals surface area (Å²) in [6.07, 6.45) is 4.64. The van der Waals surface area contributed by atoms with Gasteiger partial charge in [-0.15, -0.1) is 0 Å². The molecule has 1 saturated carbocycles. The van der Waals surface area contributed by atoms with Crippen molar-refractivity contribution in [3.05, 3.63) is 22.8 Å². The summed E-state index contributed by atoms with van der Waals surface area (Å²) < 4.78 is 0. The summed E-state index contributed by atoms with van der Waals surface area (Å²) in [6.45, 7) is 2.84. The third-order valence-electron chi connectivity index (χ3n) is 2.94. The number of hydrazine groups is 1. The van der Waals surface area contributed by atoms with Gasteiger partial charge in [-0.25, -0.2) is 10.8 Å². The van der Waals surface area contributed by atoms with Crippen LogP contribution < -0.4 is 11.3 Å². The highest BCUT2D eigenvalue weighted by molar-refractivity contribution is 6.33. The van der Waals surface area contributed by atoms with Crippen LogP contribution in [0.1, 0.15) is 36.5 Å². The lowest BCUT2D eigenvalue weighted by Gasteiger charge is -2.21. The number of hydrogen-bond acceptors (Lipinski definition) is 4. The molecular formula is C12H17ClN4O. The van der Waals surface area contributed by atoms with Crippen LogP contribution in [0.3, 0.4) is 0 Å². The predicted molar refractivity (Wildman–Crippen MR) is 71.4 cm³/mol. The second-order valence-electron chi connectivity index (χ2n) is 4.43. The van der Waals surface area contributed by atoms with Crippen LogP contribution in [-0.2, 0) is 0 Å². The Hall–Kier alpha value is -1.33. The molecule has 1 aliphatic carbocycles. The number of halogens is 1. The van der Waals surface area contributed by atoms with Crippen LogP contribution in [0.25, 0.3) is 0 Å². The van der Waals surface area contributed by atoms with Gasteiger partial charge in [0.25, 0.3) is 5.91 Å². The normalized spacial score (nSPS) is 14.4. The summed E-state index contributed by atoms with van der Waals surface area (Å²) in [6, 6.07) is 2.00. The zero-order valence-corrected chi connectivity index (χ0v) is 11.1. The minimum absolute atomic E-state index is 0.00248. The topological polar surface area (TPSA) is 71.2 Å².